The van der Waals surface area contributed by atoms with E-state index in [4.69, 9.17) is 0 Å². The monoisotopic (exact) mass is 438 g/mol. The number of fused-ring (bicyclic) bond motifs is 1. The van der Waals surface area contributed by atoms with E-state index in [0.717, 1.165) is 10.3 Å². The van der Waals surface area contributed by atoms with E-state index < -0.39 is 10.0 Å². The van der Waals surface area contributed by atoms with Crippen molar-refractivity contribution < 1.29 is 13.2 Å². The summed E-state index contributed by atoms with van der Waals surface area (Å²) in [4.78, 5) is 16.8. The van der Waals surface area contributed by atoms with Gasteiger partial charge in [0.05, 0.1) is 15.1 Å². The number of nitrogens with one attached hydrogen (secondary N) is 3. The Bertz CT molecular complexity index is 1320. The fourth-order valence-electron chi connectivity index (χ4n) is 2.84. The molecule has 0 saturated carbocycles. The average molecular weight is 439 g/mol. The van der Waals surface area contributed by atoms with E-state index in [1.165, 1.54) is 23.5 Å². The first-order chi connectivity index (χ1) is 14.4. The van der Waals surface area contributed by atoms with Gasteiger partial charge in [0.15, 0.2) is 5.13 Å². The van der Waals surface area contributed by atoms with E-state index in [9.17, 15) is 13.2 Å². The molecule has 0 atom stereocenters. The Morgan fingerprint density at radius 1 is 0.900 bits per heavy atom. The molecule has 1 heterocycles. The van der Waals surface area contributed by atoms with Gasteiger partial charge in [-0.3, -0.25) is 4.72 Å². The predicted octanol–water partition coefficient (Wildman–Crippen LogP) is 5.05. The minimum Gasteiger partial charge on any atom is -0.308 e. The number of nitrogens with zero attached hydrogens (tertiary/aromatic N) is 1. The third kappa shape index (κ3) is 4.58. The Morgan fingerprint density at radius 3 is 2.37 bits per heavy atom. The van der Waals surface area contributed by atoms with E-state index in [1.807, 2.05) is 25.1 Å². The van der Waals surface area contributed by atoms with Crippen molar-refractivity contribution in [3.63, 3.8) is 0 Å². The summed E-state index contributed by atoms with van der Waals surface area (Å²) < 4.78 is 28.3. The molecule has 4 aromatic rings. The lowest BCUT2D eigenvalue weighted by Gasteiger charge is -2.08. The molecule has 9 heteroatoms. The largest absolute Gasteiger partial charge is 0.323 e. The second kappa shape index (κ2) is 8.13. The van der Waals surface area contributed by atoms with Crippen LogP contribution >= 0.6 is 11.3 Å². The standard InChI is InChI=1S/C21H18N4O3S2/c1-14-6-5-7-15(12-14)22-20(26)23-16-10-11-19-18(13-16)24-21(29-19)25-30(27,28)17-8-3-2-4-9-17/h2-13H,1H3,(H,24,25)(H2,22,23,26). The molecule has 0 saturated heterocycles. The maximum atomic E-state index is 12.5. The summed E-state index contributed by atoms with van der Waals surface area (Å²) in [6.07, 6.45) is 0. The number of hydrogen-bond acceptors (Lipinski definition) is 5. The summed E-state index contributed by atoms with van der Waals surface area (Å²) in [5, 5.41) is 5.79. The molecule has 3 aromatic carbocycles. The number of thiazole rings is 1. The van der Waals surface area contributed by atoms with Crippen molar-refractivity contribution in [1.82, 2.24) is 4.98 Å². The zero-order chi connectivity index (χ0) is 21.1. The van der Waals surface area contributed by atoms with Crippen LogP contribution in [0.25, 0.3) is 10.2 Å². The first kappa shape index (κ1) is 19.9. The second-order valence-electron chi connectivity index (χ2n) is 6.57. The molecular weight excluding hydrogens is 420 g/mol. The lowest BCUT2D eigenvalue weighted by Crippen LogP contribution is -2.19. The number of aryl methyl sites for hydroxylation is 1. The van der Waals surface area contributed by atoms with Gasteiger partial charge in [0.2, 0.25) is 0 Å². The SMILES string of the molecule is Cc1cccc(NC(=O)Nc2ccc3sc(NS(=O)(=O)c4ccccc4)nc3c2)c1. The number of rotatable bonds is 5. The number of carbonyl (C=O) groups excluding carboxylic acids is 1. The van der Waals surface area contributed by atoms with Crippen LogP contribution in [0.5, 0.6) is 0 Å². The summed E-state index contributed by atoms with van der Waals surface area (Å²) in [5.41, 5.74) is 2.87. The van der Waals surface area contributed by atoms with Crippen molar-refractivity contribution in [3.8, 4) is 0 Å². The highest BCUT2D eigenvalue weighted by Crippen LogP contribution is 2.29. The zero-order valence-corrected chi connectivity index (χ0v) is 17.5. The van der Waals surface area contributed by atoms with E-state index in [2.05, 4.69) is 20.3 Å². The maximum Gasteiger partial charge on any atom is 0.323 e. The van der Waals surface area contributed by atoms with Crippen LogP contribution in [0.4, 0.5) is 21.3 Å². The van der Waals surface area contributed by atoms with Crippen LogP contribution in [0.2, 0.25) is 0 Å². The normalized spacial score (nSPS) is 11.2. The molecule has 0 bridgehead atoms. The van der Waals surface area contributed by atoms with Crippen molar-refractivity contribution >= 4 is 54.1 Å². The molecule has 0 fully saturated rings. The second-order valence-corrected chi connectivity index (χ2v) is 9.28. The summed E-state index contributed by atoms with van der Waals surface area (Å²) >= 11 is 1.22. The quantitative estimate of drug-likeness (QED) is 0.406. The number of anilines is 3. The molecule has 30 heavy (non-hydrogen) atoms. The summed E-state index contributed by atoms with van der Waals surface area (Å²) in [6.45, 7) is 1.95. The Kier molecular flexibility index (Phi) is 5.39. The lowest BCUT2D eigenvalue weighted by atomic mass is 10.2. The number of hydrogen-bond donors (Lipinski definition) is 3. The molecule has 4 rings (SSSR count). The Morgan fingerprint density at radius 2 is 1.63 bits per heavy atom. The molecule has 2 amide bonds. The molecule has 0 aliphatic heterocycles. The fraction of sp³-hybridized carbons (Fsp3) is 0.0476. The molecule has 0 spiro atoms. The predicted molar refractivity (Wildman–Crippen MR) is 121 cm³/mol. The van der Waals surface area contributed by atoms with E-state index in [-0.39, 0.29) is 16.1 Å². The lowest BCUT2D eigenvalue weighted by molar-refractivity contribution is 0.262. The molecule has 0 aliphatic carbocycles. The smallest absolute Gasteiger partial charge is 0.308 e. The highest BCUT2D eigenvalue weighted by atomic mass is 32.2. The summed E-state index contributed by atoms with van der Waals surface area (Å²) in [7, 11) is -3.71. The van der Waals surface area contributed by atoms with Gasteiger partial charge in [-0.1, -0.05) is 41.7 Å². The van der Waals surface area contributed by atoms with Crippen molar-refractivity contribution in [2.45, 2.75) is 11.8 Å². The fourth-order valence-corrected chi connectivity index (χ4v) is 4.94. The van der Waals surface area contributed by atoms with Crippen LogP contribution in [0, 0.1) is 6.92 Å². The van der Waals surface area contributed by atoms with Crippen LogP contribution in [0.3, 0.4) is 0 Å². The number of amides is 2. The van der Waals surface area contributed by atoms with Crippen LogP contribution in [-0.2, 0) is 10.0 Å². The van der Waals surface area contributed by atoms with E-state index in [1.54, 1.807) is 42.5 Å². The number of carbonyl (C=O) groups is 1. The van der Waals surface area contributed by atoms with Gasteiger partial charge in [-0.25, -0.2) is 18.2 Å². The van der Waals surface area contributed by atoms with Gasteiger partial charge in [-0.2, -0.15) is 0 Å². The van der Waals surface area contributed by atoms with Crippen LogP contribution < -0.4 is 15.4 Å². The summed E-state index contributed by atoms with van der Waals surface area (Å²) in [5.74, 6) is 0. The molecule has 0 radical (unpaired) electrons. The Labute approximate surface area is 177 Å². The molecule has 152 valence electrons. The maximum absolute atomic E-state index is 12.5. The number of aromatic nitrogens is 1. The van der Waals surface area contributed by atoms with Gasteiger partial charge in [0.1, 0.15) is 0 Å². The Hall–Kier alpha value is -3.43. The summed E-state index contributed by atoms with van der Waals surface area (Å²) in [6, 6.07) is 20.4. The van der Waals surface area contributed by atoms with Crippen molar-refractivity contribution in [2.75, 3.05) is 15.4 Å². The third-order valence-corrected chi connectivity index (χ3v) is 6.63. The molecule has 3 N–H and O–H groups in total. The molecule has 0 aliphatic rings. The van der Waals surface area contributed by atoms with Gasteiger partial charge >= 0.3 is 6.03 Å². The van der Waals surface area contributed by atoms with Crippen LogP contribution in [-0.4, -0.2) is 19.4 Å². The average Bonchev–Trinajstić information content (AvgIpc) is 3.09. The number of sulfonamides is 1. The molecule has 0 unspecified atom stereocenters. The molecule has 1 aromatic heterocycles. The first-order valence-electron chi connectivity index (χ1n) is 9.02. The van der Waals surface area contributed by atoms with E-state index >= 15 is 0 Å². The van der Waals surface area contributed by atoms with Crippen LogP contribution in [0.1, 0.15) is 5.56 Å². The molecule has 7 nitrogen and oxygen atoms in total. The van der Waals surface area contributed by atoms with Crippen LogP contribution in [0.15, 0.2) is 77.7 Å². The van der Waals surface area contributed by atoms with Crippen molar-refractivity contribution in [1.29, 1.82) is 0 Å². The third-order valence-electron chi connectivity index (χ3n) is 4.20. The minimum atomic E-state index is -3.71. The van der Waals surface area contributed by atoms with Gasteiger partial charge < -0.3 is 10.6 Å². The van der Waals surface area contributed by atoms with Crippen molar-refractivity contribution in [2.24, 2.45) is 0 Å². The number of benzene rings is 3. The minimum absolute atomic E-state index is 0.166. The molecular formula is C21H18N4O3S2. The first-order valence-corrected chi connectivity index (χ1v) is 11.3. The van der Waals surface area contributed by atoms with Gasteiger partial charge in [-0.15, -0.1) is 0 Å². The van der Waals surface area contributed by atoms with Gasteiger partial charge in [-0.05, 0) is 55.0 Å². The number of urea groups is 1. The zero-order valence-electron chi connectivity index (χ0n) is 15.9. The van der Waals surface area contributed by atoms with Gasteiger partial charge in [0, 0.05) is 11.4 Å². The van der Waals surface area contributed by atoms with Crippen molar-refractivity contribution in [3.05, 3.63) is 78.4 Å². The topological polar surface area (TPSA) is 100 Å². The highest BCUT2D eigenvalue weighted by Gasteiger charge is 2.16. The highest BCUT2D eigenvalue weighted by molar-refractivity contribution is 7.93. The van der Waals surface area contributed by atoms with Gasteiger partial charge in [0.25, 0.3) is 10.0 Å². The van der Waals surface area contributed by atoms with E-state index in [0.29, 0.717) is 16.9 Å². The Balaban J connectivity index is 1.49.